The number of aromatic nitrogens is 1. The van der Waals surface area contributed by atoms with Crippen LogP contribution in [0.3, 0.4) is 0 Å². The van der Waals surface area contributed by atoms with Gasteiger partial charge in [-0.2, -0.15) is 0 Å². The van der Waals surface area contributed by atoms with Gasteiger partial charge >= 0.3 is 5.97 Å². The molecule has 1 saturated heterocycles. The molecule has 1 aliphatic rings. The number of carboxylic acids is 1. The van der Waals surface area contributed by atoms with E-state index >= 15 is 0 Å². The number of likely N-dealkylation sites (tertiary alicyclic amines) is 1. The second-order valence-electron chi connectivity index (χ2n) is 6.18. The van der Waals surface area contributed by atoms with Crippen LogP contribution >= 0.6 is 0 Å². The summed E-state index contributed by atoms with van der Waals surface area (Å²) in [6.45, 7) is 6.71. The first kappa shape index (κ1) is 14.5. The van der Waals surface area contributed by atoms with Crippen LogP contribution in [0.1, 0.15) is 49.7 Å². The molecule has 0 unspecified atom stereocenters. The molecular weight excluding hydrogens is 256 g/mol. The van der Waals surface area contributed by atoms with Crippen molar-refractivity contribution in [1.82, 2.24) is 9.88 Å². The fourth-order valence-corrected chi connectivity index (χ4v) is 2.38. The lowest BCUT2D eigenvalue weighted by molar-refractivity contribution is -0.141. The Balaban J connectivity index is 2.19. The SMILES string of the molecule is CC(C)(C)c1ccc(C(=O)N2CCC[C@H]2C(=O)O)nc1. The second-order valence-corrected chi connectivity index (χ2v) is 6.18. The lowest BCUT2D eigenvalue weighted by Crippen LogP contribution is -2.40. The Morgan fingerprint density at radius 1 is 1.35 bits per heavy atom. The first-order valence-electron chi connectivity index (χ1n) is 6.81. The normalized spacial score (nSPS) is 19.1. The molecule has 0 aromatic carbocycles. The highest BCUT2D eigenvalue weighted by atomic mass is 16.4. The van der Waals surface area contributed by atoms with Crippen LogP contribution in [0.15, 0.2) is 18.3 Å². The first-order valence-corrected chi connectivity index (χ1v) is 6.81. The number of rotatable bonds is 2. The summed E-state index contributed by atoms with van der Waals surface area (Å²) in [6, 6.07) is 2.85. The standard InChI is InChI=1S/C15H20N2O3/c1-15(2,3)10-6-7-11(16-9-10)13(18)17-8-4-5-12(17)14(19)20/h6-7,9,12H,4-5,8H2,1-3H3,(H,19,20)/t12-/m0/s1. The van der Waals surface area contributed by atoms with Gasteiger partial charge in [-0.3, -0.25) is 9.78 Å². The molecule has 0 bridgehead atoms. The number of carbonyl (C=O) groups is 2. The number of pyridine rings is 1. The van der Waals surface area contributed by atoms with E-state index in [1.165, 1.54) is 4.90 Å². The van der Waals surface area contributed by atoms with Crippen LogP contribution in [-0.2, 0) is 10.2 Å². The van der Waals surface area contributed by atoms with Gasteiger partial charge < -0.3 is 10.0 Å². The molecular formula is C15H20N2O3. The largest absolute Gasteiger partial charge is 0.480 e. The van der Waals surface area contributed by atoms with Crippen molar-refractivity contribution in [2.24, 2.45) is 0 Å². The van der Waals surface area contributed by atoms with E-state index in [4.69, 9.17) is 5.11 Å². The molecule has 20 heavy (non-hydrogen) atoms. The molecule has 0 saturated carbocycles. The van der Waals surface area contributed by atoms with Gasteiger partial charge in [-0.25, -0.2) is 4.79 Å². The second kappa shape index (κ2) is 5.23. The molecule has 1 aromatic heterocycles. The van der Waals surface area contributed by atoms with E-state index in [1.54, 1.807) is 12.3 Å². The number of carbonyl (C=O) groups excluding carboxylic acids is 1. The number of hydrogen-bond donors (Lipinski definition) is 1. The predicted molar refractivity (Wildman–Crippen MR) is 74.6 cm³/mol. The molecule has 1 N–H and O–H groups in total. The summed E-state index contributed by atoms with van der Waals surface area (Å²) in [6.07, 6.45) is 2.93. The Morgan fingerprint density at radius 3 is 2.55 bits per heavy atom. The van der Waals surface area contributed by atoms with Crippen LogP contribution in [0.4, 0.5) is 0 Å². The Bertz CT molecular complexity index is 517. The summed E-state index contributed by atoms with van der Waals surface area (Å²) in [7, 11) is 0. The van der Waals surface area contributed by atoms with Crippen LogP contribution in [-0.4, -0.2) is 39.5 Å². The third kappa shape index (κ3) is 2.81. The van der Waals surface area contributed by atoms with Crippen molar-refractivity contribution in [3.05, 3.63) is 29.6 Å². The molecule has 1 amide bonds. The van der Waals surface area contributed by atoms with Crippen molar-refractivity contribution < 1.29 is 14.7 Å². The van der Waals surface area contributed by atoms with E-state index in [-0.39, 0.29) is 11.3 Å². The predicted octanol–water partition coefficient (Wildman–Crippen LogP) is 2.07. The van der Waals surface area contributed by atoms with Gasteiger partial charge in [0.25, 0.3) is 5.91 Å². The highest BCUT2D eigenvalue weighted by Gasteiger charge is 2.34. The zero-order valence-electron chi connectivity index (χ0n) is 12.1. The van der Waals surface area contributed by atoms with Gasteiger partial charge in [0.15, 0.2) is 0 Å². The van der Waals surface area contributed by atoms with Crippen molar-refractivity contribution >= 4 is 11.9 Å². The lowest BCUT2D eigenvalue weighted by atomic mass is 9.88. The van der Waals surface area contributed by atoms with E-state index < -0.39 is 12.0 Å². The van der Waals surface area contributed by atoms with Gasteiger partial charge in [0.1, 0.15) is 11.7 Å². The fraction of sp³-hybridized carbons (Fsp3) is 0.533. The zero-order chi connectivity index (χ0) is 14.9. The molecule has 108 valence electrons. The fourth-order valence-electron chi connectivity index (χ4n) is 2.38. The Labute approximate surface area is 118 Å². The number of nitrogens with zero attached hydrogens (tertiary/aromatic N) is 2. The molecule has 1 fully saturated rings. The Kier molecular flexibility index (Phi) is 3.79. The maximum absolute atomic E-state index is 12.3. The number of amides is 1. The summed E-state index contributed by atoms with van der Waals surface area (Å²) in [5.74, 6) is -1.24. The minimum atomic E-state index is -0.942. The average molecular weight is 276 g/mol. The van der Waals surface area contributed by atoms with Crippen LogP contribution in [0.25, 0.3) is 0 Å². The minimum Gasteiger partial charge on any atom is -0.480 e. The molecule has 1 aromatic rings. The van der Waals surface area contributed by atoms with Crippen molar-refractivity contribution in [2.75, 3.05) is 6.54 Å². The van der Waals surface area contributed by atoms with Crippen molar-refractivity contribution in [1.29, 1.82) is 0 Å². The van der Waals surface area contributed by atoms with E-state index in [2.05, 4.69) is 25.8 Å². The van der Waals surface area contributed by atoms with Gasteiger partial charge in [0.2, 0.25) is 0 Å². The van der Waals surface area contributed by atoms with E-state index in [0.29, 0.717) is 18.7 Å². The van der Waals surface area contributed by atoms with Gasteiger partial charge in [-0.1, -0.05) is 26.8 Å². The van der Waals surface area contributed by atoms with Gasteiger partial charge in [-0.15, -0.1) is 0 Å². The molecule has 1 aliphatic heterocycles. The third-order valence-electron chi connectivity index (χ3n) is 3.65. The topological polar surface area (TPSA) is 70.5 Å². The number of hydrogen-bond acceptors (Lipinski definition) is 3. The van der Waals surface area contributed by atoms with Crippen LogP contribution in [0, 0.1) is 0 Å². The minimum absolute atomic E-state index is 0.0220. The summed E-state index contributed by atoms with van der Waals surface area (Å²) in [4.78, 5) is 29.0. The smallest absolute Gasteiger partial charge is 0.326 e. The maximum atomic E-state index is 12.3. The van der Waals surface area contributed by atoms with Crippen molar-refractivity contribution in [3.63, 3.8) is 0 Å². The molecule has 1 atom stereocenters. The molecule has 5 heteroatoms. The monoisotopic (exact) mass is 276 g/mol. The van der Waals surface area contributed by atoms with E-state index in [9.17, 15) is 9.59 Å². The number of carboxylic acid groups (broad SMARTS) is 1. The maximum Gasteiger partial charge on any atom is 0.326 e. The third-order valence-corrected chi connectivity index (χ3v) is 3.65. The quantitative estimate of drug-likeness (QED) is 0.897. The van der Waals surface area contributed by atoms with Crippen molar-refractivity contribution in [3.8, 4) is 0 Å². The highest BCUT2D eigenvalue weighted by Crippen LogP contribution is 2.23. The number of aliphatic carboxylic acids is 1. The summed E-state index contributed by atoms with van der Waals surface area (Å²) >= 11 is 0. The average Bonchev–Trinajstić information content (AvgIpc) is 2.86. The van der Waals surface area contributed by atoms with Crippen molar-refractivity contribution in [2.45, 2.75) is 45.1 Å². The first-order chi connectivity index (χ1) is 9.30. The Morgan fingerprint density at radius 2 is 2.05 bits per heavy atom. The Hall–Kier alpha value is -1.91. The van der Waals surface area contributed by atoms with Gasteiger partial charge in [-0.05, 0) is 29.9 Å². The zero-order valence-corrected chi connectivity index (χ0v) is 12.1. The van der Waals surface area contributed by atoms with E-state index in [0.717, 1.165) is 12.0 Å². The lowest BCUT2D eigenvalue weighted by Gasteiger charge is -2.22. The van der Waals surface area contributed by atoms with Crippen LogP contribution in [0.5, 0.6) is 0 Å². The molecule has 2 heterocycles. The molecule has 5 nitrogen and oxygen atoms in total. The summed E-state index contributed by atoms with van der Waals surface area (Å²) in [5, 5.41) is 9.12. The molecule has 0 aliphatic carbocycles. The summed E-state index contributed by atoms with van der Waals surface area (Å²) < 4.78 is 0. The van der Waals surface area contributed by atoms with Gasteiger partial charge in [0, 0.05) is 12.7 Å². The molecule has 0 radical (unpaired) electrons. The molecule has 2 rings (SSSR count). The summed E-state index contributed by atoms with van der Waals surface area (Å²) in [5.41, 5.74) is 1.34. The van der Waals surface area contributed by atoms with Crippen LogP contribution in [0.2, 0.25) is 0 Å². The highest BCUT2D eigenvalue weighted by molar-refractivity contribution is 5.95. The van der Waals surface area contributed by atoms with Gasteiger partial charge in [0.05, 0.1) is 0 Å². The molecule has 0 spiro atoms. The van der Waals surface area contributed by atoms with Crippen LogP contribution < -0.4 is 0 Å². The van der Waals surface area contributed by atoms with E-state index in [1.807, 2.05) is 6.07 Å².